The molecule has 2 N–H and O–H groups in total. The molecule has 2 rings (SSSR count). The number of hydrogen-bond donors (Lipinski definition) is 2. The van der Waals surface area contributed by atoms with Gasteiger partial charge in [0, 0.05) is 6.54 Å². The molecule has 1 saturated heterocycles. The quantitative estimate of drug-likeness (QED) is 0.838. The molecular weight excluding hydrogens is 216 g/mol. The van der Waals surface area contributed by atoms with Crippen molar-refractivity contribution in [3.8, 4) is 0 Å². The minimum atomic E-state index is -0.235. The van der Waals surface area contributed by atoms with Crippen LogP contribution in [0.3, 0.4) is 0 Å². The molecule has 17 heavy (non-hydrogen) atoms. The number of carbonyl (C=O) groups excluding carboxylic acids is 1. The van der Waals surface area contributed by atoms with Crippen molar-refractivity contribution in [2.24, 2.45) is 5.41 Å². The van der Waals surface area contributed by atoms with Crippen LogP contribution in [0.15, 0.2) is 22.8 Å². The first-order chi connectivity index (χ1) is 8.18. The maximum absolute atomic E-state index is 12.3. The second-order valence-electron chi connectivity index (χ2n) is 4.77. The van der Waals surface area contributed by atoms with Crippen molar-refractivity contribution in [3.05, 3.63) is 24.2 Å². The molecule has 0 radical (unpaired) electrons. The van der Waals surface area contributed by atoms with E-state index in [4.69, 9.17) is 4.42 Å². The molecule has 1 amide bonds. The highest BCUT2D eigenvalue weighted by atomic mass is 16.3. The lowest BCUT2D eigenvalue weighted by Crippen LogP contribution is -2.43. The zero-order chi connectivity index (χ0) is 12.3. The van der Waals surface area contributed by atoms with E-state index in [1.54, 1.807) is 6.26 Å². The van der Waals surface area contributed by atoms with Gasteiger partial charge in [0.25, 0.3) is 0 Å². The third-order valence-corrected chi connectivity index (χ3v) is 3.72. The first kappa shape index (κ1) is 12.2. The molecule has 0 saturated carbocycles. The van der Waals surface area contributed by atoms with Crippen molar-refractivity contribution in [1.82, 2.24) is 10.6 Å². The van der Waals surface area contributed by atoms with Crippen LogP contribution in [-0.4, -0.2) is 19.0 Å². The lowest BCUT2D eigenvalue weighted by atomic mass is 9.83. The first-order valence-electron chi connectivity index (χ1n) is 6.23. The van der Waals surface area contributed by atoms with Crippen molar-refractivity contribution in [1.29, 1.82) is 0 Å². The minimum Gasteiger partial charge on any atom is -0.467 e. The Morgan fingerprint density at radius 3 is 3.06 bits per heavy atom. The van der Waals surface area contributed by atoms with Gasteiger partial charge in [-0.25, -0.2) is 0 Å². The lowest BCUT2D eigenvalue weighted by molar-refractivity contribution is -0.131. The molecule has 1 aliphatic rings. The maximum Gasteiger partial charge on any atom is 0.228 e. The summed E-state index contributed by atoms with van der Waals surface area (Å²) in [4.78, 5) is 12.3. The minimum absolute atomic E-state index is 0.0680. The summed E-state index contributed by atoms with van der Waals surface area (Å²) in [6.07, 6.45) is 3.42. The van der Waals surface area contributed by atoms with Gasteiger partial charge in [0.15, 0.2) is 0 Å². The second kappa shape index (κ2) is 4.92. The normalized spacial score (nSPS) is 25.8. The molecule has 4 heteroatoms. The van der Waals surface area contributed by atoms with E-state index in [1.807, 2.05) is 19.1 Å². The smallest absolute Gasteiger partial charge is 0.228 e. The Balaban J connectivity index is 2.01. The van der Waals surface area contributed by atoms with Crippen molar-refractivity contribution >= 4 is 5.91 Å². The fourth-order valence-corrected chi connectivity index (χ4v) is 2.36. The maximum atomic E-state index is 12.3. The van der Waals surface area contributed by atoms with Crippen LogP contribution in [0, 0.1) is 5.41 Å². The fraction of sp³-hybridized carbons (Fsp3) is 0.615. The van der Waals surface area contributed by atoms with Gasteiger partial charge in [-0.2, -0.15) is 0 Å². The van der Waals surface area contributed by atoms with Gasteiger partial charge in [-0.05, 0) is 38.4 Å². The van der Waals surface area contributed by atoms with Gasteiger partial charge >= 0.3 is 0 Å². The van der Waals surface area contributed by atoms with Gasteiger partial charge in [0.2, 0.25) is 5.91 Å². The van der Waals surface area contributed by atoms with Gasteiger partial charge in [0.1, 0.15) is 5.76 Å². The third kappa shape index (κ3) is 2.36. The van der Waals surface area contributed by atoms with Gasteiger partial charge in [-0.15, -0.1) is 0 Å². The molecule has 1 aromatic rings. The molecular formula is C13H20N2O2. The standard InChI is InChI=1S/C13H20N2O2/c1-3-13(6-7-14-9-13)12(16)15-10(2)11-5-4-8-17-11/h4-5,8,10,14H,3,6-7,9H2,1-2H3,(H,15,16). The number of hydrogen-bond acceptors (Lipinski definition) is 3. The second-order valence-corrected chi connectivity index (χ2v) is 4.77. The largest absolute Gasteiger partial charge is 0.467 e. The van der Waals surface area contributed by atoms with Crippen LogP contribution in [0.4, 0.5) is 0 Å². The molecule has 2 atom stereocenters. The zero-order valence-electron chi connectivity index (χ0n) is 10.5. The Bertz CT molecular complexity index is 367. The summed E-state index contributed by atoms with van der Waals surface area (Å²) in [6, 6.07) is 3.66. The first-order valence-corrected chi connectivity index (χ1v) is 6.23. The van der Waals surface area contributed by atoms with E-state index in [1.165, 1.54) is 0 Å². The number of amides is 1. The van der Waals surface area contributed by atoms with E-state index in [0.29, 0.717) is 0 Å². The molecule has 1 aliphatic heterocycles. The van der Waals surface area contributed by atoms with Gasteiger partial charge in [-0.1, -0.05) is 6.92 Å². The van der Waals surface area contributed by atoms with Gasteiger partial charge < -0.3 is 15.1 Å². The highest BCUT2D eigenvalue weighted by Crippen LogP contribution is 2.30. The summed E-state index contributed by atoms with van der Waals surface area (Å²) < 4.78 is 5.30. The molecule has 2 heterocycles. The van der Waals surface area contributed by atoms with E-state index >= 15 is 0 Å². The molecule has 1 fully saturated rings. The summed E-state index contributed by atoms with van der Waals surface area (Å²) in [7, 11) is 0. The lowest BCUT2D eigenvalue weighted by Gasteiger charge is -2.26. The Hall–Kier alpha value is -1.29. The topological polar surface area (TPSA) is 54.3 Å². The summed E-state index contributed by atoms with van der Waals surface area (Å²) in [6.45, 7) is 5.73. The third-order valence-electron chi connectivity index (χ3n) is 3.72. The number of nitrogens with one attached hydrogen (secondary N) is 2. The number of rotatable bonds is 4. The summed E-state index contributed by atoms with van der Waals surface area (Å²) >= 11 is 0. The van der Waals surface area contributed by atoms with Crippen LogP contribution < -0.4 is 10.6 Å². The highest BCUT2D eigenvalue weighted by Gasteiger charge is 2.39. The van der Waals surface area contributed by atoms with E-state index in [-0.39, 0.29) is 17.4 Å². The van der Waals surface area contributed by atoms with Gasteiger partial charge in [-0.3, -0.25) is 4.79 Å². The average molecular weight is 236 g/mol. The van der Waals surface area contributed by atoms with Crippen molar-refractivity contribution in [2.45, 2.75) is 32.7 Å². The molecule has 94 valence electrons. The molecule has 0 aliphatic carbocycles. The van der Waals surface area contributed by atoms with E-state index < -0.39 is 0 Å². The van der Waals surface area contributed by atoms with Crippen LogP contribution in [0.2, 0.25) is 0 Å². The van der Waals surface area contributed by atoms with E-state index in [9.17, 15) is 4.79 Å². The van der Waals surface area contributed by atoms with Crippen molar-refractivity contribution < 1.29 is 9.21 Å². The fourth-order valence-electron chi connectivity index (χ4n) is 2.36. The number of furan rings is 1. The van der Waals surface area contributed by atoms with Crippen molar-refractivity contribution in [2.75, 3.05) is 13.1 Å². The number of carbonyl (C=O) groups is 1. The Kier molecular flexibility index (Phi) is 3.52. The van der Waals surface area contributed by atoms with E-state index in [0.717, 1.165) is 31.7 Å². The summed E-state index contributed by atoms with van der Waals surface area (Å²) in [5.41, 5.74) is -0.235. The van der Waals surface area contributed by atoms with E-state index in [2.05, 4.69) is 17.6 Å². The molecule has 0 aromatic carbocycles. The Morgan fingerprint density at radius 2 is 2.53 bits per heavy atom. The van der Waals surface area contributed by atoms with Crippen LogP contribution in [0.25, 0.3) is 0 Å². The van der Waals surface area contributed by atoms with Crippen LogP contribution in [0.1, 0.15) is 38.5 Å². The van der Waals surface area contributed by atoms with Crippen LogP contribution in [0.5, 0.6) is 0 Å². The highest BCUT2D eigenvalue weighted by molar-refractivity contribution is 5.83. The van der Waals surface area contributed by atoms with Crippen LogP contribution >= 0.6 is 0 Å². The van der Waals surface area contributed by atoms with Gasteiger partial charge in [0.05, 0.1) is 17.7 Å². The summed E-state index contributed by atoms with van der Waals surface area (Å²) in [5.74, 6) is 0.935. The molecule has 2 unspecified atom stereocenters. The van der Waals surface area contributed by atoms with Crippen LogP contribution in [-0.2, 0) is 4.79 Å². The predicted octanol–water partition coefficient (Wildman–Crippen LogP) is 1.85. The molecule has 1 aromatic heterocycles. The molecule has 0 bridgehead atoms. The molecule has 0 spiro atoms. The Morgan fingerprint density at radius 1 is 1.71 bits per heavy atom. The summed E-state index contributed by atoms with van der Waals surface area (Å²) in [5, 5.41) is 6.31. The SMILES string of the molecule is CCC1(C(=O)NC(C)c2ccco2)CCNC1. The monoisotopic (exact) mass is 236 g/mol. The molecule has 4 nitrogen and oxygen atoms in total. The van der Waals surface area contributed by atoms with Crippen molar-refractivity contribution in [3.63, 3.8) is 0 Å². The predicted molar refractivity (Wildman–Crippen MR) is 65.5 cm³/mol. The average Bonchev–Trinajstić information content (AvgIpc) is 3.01. The zero-order valence-corrected chi connectivity index (χ0v) is 10.5. The Labute approximate surface area is 102 Å².